The van der Waals surface area contributed by atoms with Crippen molar-refractivity contribution >= 4 is 70.5 Å². The van der Waals surface area contributed by atoms with E-state index in [0.29, 0.717) is 69.7 Å². The van der Waals surface area contributed by atoms with Crippen molar-refractivity contribution in [1.82, 2.24) is 30.7 Å². The molecule has 0 radical (unpaired) electrons. The molecule has 0 aliphatic carbocycles. The lowest BCUT2D eigenvalue weighted by atomic mass is 9.97. The highest BCUT2D eigenvalue weighted by Crippen LogP contribution is 2.17. The van der Waals surface area contributed by atoms with Gasteiger partial charge >= 0.3 is 23.9 Å². The van der Waals surface area contributed by atoms with Crippen LogP contribution in [0.5, 0.6) is 0 Å². The summed E-state index contributed by atoms with van der Waals surface area (Å²) in [7, 11) is 0. The number of anilines is 1. The van der Waals surface area contributed by atoms with Gasteiger partial charge in [0.05, 0.1) is 19.6 Å². The van der Waals surface area contributed by atoms with Crippen LogP contribution >= 0.6 is 24.0 Å². The fourth-order valence-corrected chi connectivity index (χ4v) is 7.14. The number of carboxylic acid groups (broad SMARTS) is 4. The van der Waals surface area contributed by atoms with Gasteiger partial charge in [-0.1, -0.05) is 32.4 Å². The van der Waals surface area contributed by atoms with Crippen LogP contribution in [0.25, 0.3) is 0 Å². The summed E-state index contributed by atoms with van der Waals surface area (Å²) in [5.74, 6) is -5.05. The number of thiocarbonyl (C=S) groups is 1. The molecule has 20 heteroatoms. The number of hydrogen-bond acceptors (Lipinski definition) is 12. The van der Waals surface area contributed by atoms with Gasteiger partial charge in [0.25, 0.3) is 0 Å². The van der Waals surface area contributed by atoms with Crippen molar-refractivity contribution in [3.63, 3.8) is 0 Å². The number of thioether (sulfide) groups is 1. The maximum absolute atomic E-state index is 13.7. The molecule has 2 rings (SSSR count). The number of carbonyl (C=O) groups is 6. The summed E-state index contributed by atoms with van der Waals surface area (Å²) in [5, 5.41) is 50.0. The Kier molecular flexibility index (Phi) is 22.4. The van der Waals surface area contributed by atoms with Gasteiger partial charge in [0.15, 0.2) is 5.11 Å². The number of benzene rings is 1. The normalized spacial score (nSPS) is 17.7. The molecular formula is C37H60N8O10S2. The first-order valence-corrected chi connectivity index (χ1v) is 20.9. The first-order chi connectivity index (χ1) is 27.1. The lowest BCUT2D eigenvalue weighted by Crippen LogP contribution is -2.58. The number of nitrogens with zero attached hydrogens (tertiary/aromatic N) is 3. The van der Waals surface area contributed by atoms with Crippen molar-refractivity contribution < 1.29 is 49.2 Å². The monoisotopic (exact) mass is 840 g/mol. The second-order valence-electron chi connectivity index (χ2n) is 14.2. The lowest BCUT2D eigenvalue weighted by molar-refractivity contribution is -0.143. The Morgan fingerprint density at radius 1 is 0.825 bits per heavy atom. The number of nitrogens with two attached hydrogens (primary N) is 1. The van der Waals surface area contributed by atoms with E-state index in [-0.39, 0.29) is 50.2 Å². The molecule has 1 aliphatic rings. The van der Waals surface area contributed by atoms with Gasteiger partial charge in [-0.25, -0.2) is 4.79 Å². The van der Waals surface area contributed by atoms with Crippen LogP contribution in [0.4, 0.5) is 5.69 Å². The zero-order valence-corrected chi connectivity index (χ0v) is 34.6. The average Bonchev–Trinajstić information content (AvgIpc) is 3.21. The van der Waals surface area contributed by atoms with Gasteiger partial charge in [-0.3, -0.25) is 38.7 Å². The van der Waals surface area contributed by atoms with E-state index in [1.54, 1.807) is 33.8 Å². The van der Waals surface area contributed by atoms with Gasteiger partial charge in [-0.05, 0) is 86.5 Å². The smallest absolute Gasteiger partial charge is 0.326 e. The number of hydrogen-bond donors (Lipinski definition) is 9. The Labute approximate surface area is 343 Å². The van der Waals surface area contributed by atoms with Gasteiger partial charge in [0, 0.05) is 44.5 Å². The van der Waals surface area contributed by atoms with Crippen molar-refractivity contribution in [2.75, 3.05) is 76.2 Å². The minimum Gasteiger partial charge on any atom is -0.480 e. The number of rotatable bonds is 24. The lowest BCUT2D eigenvalue weighted by Gasteiger charge is -2.33. The Balaban J connectivity index is 2.19. The Bertz CT molecular complexity index is 1490. The van der Waals surface area contributed by atoms with Gasteiger partial charge in [-0.15, -0.1) is 0 Å². The van der Waals surface area contributed by atoms with Crippen LogP contribution < -0.4 is 27.0 Å². The number of aliphatic carboxylic acids is 4. The molecule has 0 bridgehead atoms. The second kappa shape index (κ2) is 26.0. The van der Waals surface area contributed by atoms with Gasteiger partial charge in [0.1, 0.15) is 18.1 Å². The maximum atomic E-state index is 13.7. The van der Waals surface area contributed by atoms with E-state index in [2.05, 4.69) is 21.3 Å². The molecule has 0 aromatic heterocycles. The van der Waals surface area contributed by atoms with Crippen molar-refractivity contribution in [1.29, 1.82) is 0 Å². The van der Waals surface area contributed by atoms with E-state index in [9.17, 15) is 49.2 Å². The summed E-state index contributed by atoms with van der Waals surface area (Å²) in [6.07, 6.45) is 4.56. The van der Waals surface area contributed by atoms with Crippen LogP contribution in [0.1, 0.15) is 51.5 Å². The highest BCUT2D eigenvalue weighted by molar-refractivity contribution is 7.98. The van der Waals surface area contributed by atoms with Gasteiger partial charge in [-0.2, -0.15) is 11.8 Å². The summed E-state index contributed by atoms with van der Waals surface area (Å²) in [4.78, 5) is 79.0. The van der Waals surface area contributed by atoms with Crippen LogP contribution in [0, 0.1) is 5.92 Å². The minimum absolute atomic E-state index is 0.151. The summed E-state index contributed by atoms with van der Waals surface area (Å²) in [6, 6.07) is 3.90. The molecule has 1 aromatic carbocycles. The standard InChI is InChI=1S/C37H60N8O10S2/c1-4-24(2)33(35(53)40-29(36(54)55)7-5-6-13-38)42-34(52)28(12-18-57-3)41-37(56)39-26-10-8-25(9-11-26)19-27-20-44(22-31(48)49)15-14-43(21-30(46)47)16-17-45(27)23-32(50)51/h8-11,24,27-29,33H,4-7,12-23,38H2,1-3H3,(H,40,53)(H,42,52)(H,46,47)(H,48,49)(H,50,51)(H,54,55)(H2,39,41,56). The predicted molar refractivity (Wildman–Crippen MR) is 221 cm³/mol. The molecule has 1 aromatic rings. The third-order valence-electron chi connectivity index (χ3n) is 9.75. The predicted octanol–water partition coefficient (Wildman–Crippen LogP) is 0.409. The van der Waals surface area contributed by atoms with E-state index in [0.717, 1.165) is 5.56 Å². The van der Waals surface area contributed by atoms with Crippen LogP contribution in [0.2, 0.25) is 0 Å². The number of amides is 2. The summed E-state index contributed by atoms with van der Waals surface area (Å²) in [5.41, 5.74) is 6.98. The van der Waals surface area contributed by atoms with E-state index in [1.807, 2.05) is 25.3 Å². The molecule has 5 atom stereocenters. The Morgan fingerprint density at radius 2 is 1.44 bits per heavy atom. The zero-order valence-electron chi connectivity index (χ0n) is 33.0. The Hall–Kier alpha value is -4.08. The van der Waals surface area contributed by atoms with Crippen molar-refractivity contribution in [2.45, 2.75) is 76.5 Å². The summed E-state index contributed by atoms with van der Waals surface area (Å²) >= 11 is 7.11. The molecule has 1 fully saturated rings. The molecule has 57 heavy (non-hydrogen) atoms. The van der Waals surface area contributed by atoms with Gasteiger partial charge < -0.3 is 47.4 Å². The molecular weight excluding hydrogens is 781 g/mol. The largest absolute Gasteiger partial charge is 0.480 e. The number of nitrogens with one attached hydrogen (secondary N) is 4. The number of carboxylic acids is 4. The fourth-order valence-electron chi connectivity index (χ4n) is 6.41. The summed E-state index contributed by atoms with van der Waals surface area (Å²) in [6.45, 7) is 4.68. The van der Waals surface area contributed by atoms with E-state index in [4.69, 9.17) is 18.0 Å². The topological polar surface area (TPSA) is 267 Å². The third kappa shape index (κ3) is 18.8. The molecule has 0 saturated carbocycles. The third-order valence-corrected chi connectivity index (χ3v) is 10.6. The molecule has 320 valence electrons. The van der Waals surface area contributed by atoms with Crippen LogP contribution in [-0.2, 0) is 35.2 Å². The molecule has 10 N–H and O–H groups in total. The first kappa shape index (κ1) is 49.1. The van der Waals surface area contributed by atoms with Crippen molar-refractivity contribution in [2.24, 2.45) is 11.7 Å². The van der Waals surface area contributed by atoms with Crippen molar-refractivity contribution in [3.05, 3.63) is 29.8 Å². The fraction of sp³-hybridized carbons (Fsp3) is 0.649. The number of carbonyl (C=O) groups excluding carboxylic acids is 2. The maximum Gasteiger partial charge on any atom is 0.326 e. The molecule has 1 heterocycles. The second-order valence-corrected chi connectivity index (χ2v) is 15.6. The van der Waals surface area contributed by atoms with Crippen LogP contribution in [0.15, 0.2) is 24.3 Å². The first-order valence-electron chi connectivity index (χ1n) is 19.1. The zero-order chi connectivity index (χ0) is 42.5. The molecule has 2 amide bonds. The SMILES string of the molecule is CCC(C)C(NC(=O)C(CCSC)NC(=S)Nc1ccc(CC2CN(CC(=O)O)CCN(CC(=O)O)CCN2CC(=O)O)cc1)C(=O)NC(CCCCN)C(=O)O. The Morgan fingerprint density at radius 3 is 2.02 bits per heavy atom. The van der Waals surface area contributed by atoms with Crippen LogP contribution in [0.3, 0.4) is 0 Å². The van der Waals surface area contributed by atoms with E-state index >= 15 is 0 Å². The quantitative estimate of drug-likeness (QED) is 0.0504. The van der Waals surface area contributed by atoms with Crippen molar-refractivity contribution in [3.8, 4) is 0 Å². The van der Waals surface area contributed by atoms with Gasteiger partial charge in [0.2, 0.25) is 11.8 Å². The summed E-state index contributed by atoms with van der Waals surface area (Å²) < 4.78 is 0. The minimum atomic E-state index is -1.16. The average molecular weight is 841 g/mol. The molecule has 1 saturated heterocycles. The van der Waals surface area contributed by atoms with E-state index < -0.39 is 59.9 Å². The molecule has 5 unspecified atom stereocenters. The molecule has 1 aliphatic heterocycles. The molecule has 18 nitrogen and oxygen atoms in total. The highest BCUT2D eigenvalue weighted by Gasteiger charge is 2.32. The molecule has 0 spiro atoms. The number of unbranched alkanes of at least 4 members (excludes halogenated alkanes) is 1. The highest BCUT2D eigenvalue weighted by atomic mass is 32.2. The van der Waals surface area contributed by atoms with Crippen LogP contribution in [-0.4, -0.2) is 171 Å². The van der Waals surface area contributed by atoms with E-state index in [1.165, 1.54) is 11.8 Å².